The highest BCUT2D eigenvalue weighted by Crippen LogP contribution is 2.30. The fraction of sp³-hybridized carbons (Fsp3) is 0.600. The van der Waals surface area contributed by atoms with Crippen LogP contribution in [0.3, 0.4) is 0 Å². The maximum Gasteiger partial charge on any atom is 0.309 e. The molecule has 1 aliphatic rings. The number of nitrogens with zero attached hydrogens (tertiary/aromatic N) is 2. The van der Waals surface area contributed by atoms with Gasteiger partial charge in [0.1, 0.15) is 5.82 Å². The zero-order chi connectivity index (χ0) is 20.0. The lowest BCUT2D eigenvalue weighted by Crippen LogP contribution is -2.49. The van der Waals surface area contributed by atoms with Crippen molar-refractivity contribution in [2.24, 2.45) is 10.9 Å². The maximum absolute atomic E-state index is 13.3. The van der Waals surface area contributed by atoms with Crippen LogP contribution < -0.4 is 5.32 Å². The number of carbonyl (C=O) groups excluding carboxylic acids is 1. The van der Waals surface area contributed by atoms with Crippen molar-refractivity contribution < 1.29 is 13.9 Å². The molecule has 1 heterocycles. The highest BCUT2D eigenvalue weighted by atomic mass is 127. The van der Waals surface area contributed by atoms with Crippen molar-refractivity contribution in [3.05, 3.63) is 34.6 Å². The summed E-state index contributed by atoms with van der Waals surface area (Å²) in [6.45, 7) is 8.46. The SMILES string of the molecule is CCOC(=O)C1CCN(C(=NC)NCC(C)(C)c2ccc(F)cc2Cl)CC1.I. The molecule has 2 rings (SSSR count). The molecule has 0 radical (unpaired) electrons. The topological polar surface area (TPSA) is 53.9 Å². The second-order valence-electron chi connectivity index (χ2n) is 7.42. The maximum atomic E-state index is 13.3. The third kappa shape index (κ3) is 6.47. The Hall–Kier alpha value is -1.09. The van der Waals surface area contributed by atoms with Crippen LogP contribution in [0.4, 0.5) is 4.39 Å². The number of esters is 1. The van der Waals surface area contributed by atoms with Crippen molar-refractivity contribution in [1.82, 2.24) is 10.2 Å². The molecule has 1 saturated heterocycles. The number of hydrogen-bond acceptors (Lipinski definition) is 3. The van der Waals surface area contributed by atoms with Crippen LogP contribution in [0.1, 0.15) is 39.2 Å². The van der Waals surface area contributed by atoms with Crippen molar-refractivity contribution >= 4 is 47.5 Å². The van der Waals surface area contributed by atoms with Gasteiger partial charge in [0.25, 0.3) is 0 Å². The lowest BCUT2D eigenvalue weighted by molar-refractivity contribution is -0.149. The van der Waals surface area contributed by atoms with Crippen molar-refractivity contribution in [2.45, 2.75) is 39.0 Å². The molecule has 0 aromatic heterocycles. The quantitative estimate of drug-likeness (QED) is 0.271. The van der Waals surface area contributed by atoms with E-state index < -0.39 is 0 Å². The minimum absolute atomic E-state index is 0. The first-order valence-corrected chi connectivity index (χ1v) is 9.74. The summed E-state index contributed by atoms with van der Waals surface area (Å²) in [5, 5.41) is 3.82. The van der Waals surface area contributed by atoms with E-state index in [1.807, 2.05) is 6.92 Å². The molecule has 28 heavy (non-hydrogen) atoms. The second kappa shape index (κ2) is 11.2. The summed E-state index contributed by atoms with van der Waals surface area (Å²) in [6, 6.07) is 4.50. The number of guanidine groups is 1. The number of likely N-dealkylation sites (tertiary alicyclic amines) is 1. The summed E-state index contributed by atoms with van der Waals surface area (Å²) in [6.07, 6.45) is 1.51. The molecule has 0 amide bonds. The van der Waals surface area contributed by atoms with Crippen LogP contribution in [-0.4, -0.2) is 50.1 Å². The summed E-state index contributed by atoms with van der Waals surface area (Å²) in [5.41, 5.74) is 0.582. The molecule has 5 nitrogen and oxygen atoms in total. The Morgan fingerprint density at radius 1 is 1.39 bits per heavy atom. The van der Waals surface area contributed by atoms with Gasteiger partial charge in [0, 0.05) is 37.1 Å². The number of benzene rings is 1. The van der Waals surface area contributed by atoms with Crippen LogP contribution >= 0.6 is 35.6 Å². The van der Waals surface area contributed by atoms with E-state index in [2.05, 4.69) is 29.1 Å². The van der Waals surface area contributed by atoms with Gasteiger partial charge < -0.3 is 15.0 Å². The Balaban J connectivity index is 0.00000392. The van der Waals surface area contributed by atoms with Crippen LogP contribution in [0.2, 0.25) is 5.02 Å². The zero-order valence-electron chi connectivity index (χ0n) is 16.9. The summed E-state index contributed by atoms with van der Waals surface area (Å²) in [4.78, 5) is 18.4. The first-order valence-electron chi connectivity index (χ1n) is 9.36. The predicted octanol–water partition coefficient (Wildman–Crippen LogP) is 4.23. The molecule has 0 saturated carbocycles. The molecule has 0 spiro atoms. The molecule has 1 aliphatic heterocycles. The number of rotatable bonds is 5. The minimum atomic E-state index is -0.340. The molecule has 1 aromatic carbocycles. The summed E-state index contributed by atoms with van der Waals surface area (Å²) < 4.78 is 18.4. The lowest BCUT2D eigenvalue weighted by Gasteiger charge is -2.35. The van der Waals surface area contributed by atoms with Crippen LogP contribution in [0.5, 0.6) is 0 Å². The van der Waals surface area contributed by atoms with Gasteiger partial charge in [0.15, 0.2) is 5.96 Å². The molecular formula is C20H30ClFIN3O2. The van der Waals surface area contributed by atoms with Crippen LogP contribution in [0, 0.1) is 11.7 Å². The Kier molecular flexibility index (Phi) is 9.97. The Bertz CT molecular complexity index is 692. The van der Waals surface area contributed by atoms with E-state index in [-0.39, 0.29) is 47.1 Å². The normalized spacial score (nSPS) is 15.8. The van der Waals surface area contributed by atoms with Gasteiger partial charge in [-0.15, -0.1) is 24.0 Å². The van der Waals surface area contributed by atoms with Gasteiger partial charge >= 0.3 is 5.97 Å². The van der Waals surface area contributed by atoms with E-state index in [0.29, 0.717) is 18.2 Å². The van der Waals surface area contributed by atoms with Gasteiger partial charge in [-0.1, -0.05) is 31.5 Å². The molecule has 1 N–H and O–H groups in total. The Morgan fingerprint density at radius 2 is 2.04 bits per heavy atom. The van der Waals surface area contributed by atoms with Crippen molar-refractivity contribution in [1.29, 1.82) is 0 Å². The van der Waals surface area contributed by atoms with Crippen LogP contribution in [-0.2, 0) is 14.9 Å². The zero-order valence-corrected chi connectivity index (χ0v) is 20.0. The second-order valence-corrected chi connectivity index (χ2v) is 7.83. The van der Waals surface area contributed by atoms with E-state index in [1.54, 1.807) is 13.1 Å². The highest BCUT2D eigenvalue weighted by molar-refractivity contribution is 14.0. The number of piperidine rings is 1. The van der Waals surface area contributed by atoms with Crippen molar-refractivity contribution in [3.8, 4) is 0 Å². The molecule has 1 fully saturated rings. The number of ether oxygens (including phenoxy) is 1. The van der Waals surface area contributed by atoms with Gasteiger partial charge in [0.2, 0.25) is 0 Å². The first kappa shape index (κ1) is 24.9. The molecule has 1 aromatic rings. The Labute approximate surface area is 189 Å². The average Bonchev–Trinajstić information content (AvgIpc) is 2.62. The van der Waals surface area contributed by atoms with Gasteiger partial charge in [-0.2, -0.15) is 0 Å². The molecule has 0 aliphatic carbocycles. The van der Waals surface area contributed by atoms with E-state index >= 15 is 0 Å². The Morgan fingerprint density at radius 3 is 2.57 bits per heavy atom. The van der Waals surface area contributed by atoms with E-state index in [4.69, 9.17) is 16.3 Å². The molecule has 0 bridgehead atoms. The molecule has 158 valence electrons. The smallest absolute Gasteiger partial charge is 0.309 e. The first-order chi connectivity index (χ1) is 12.8. The van der Waals surface area contributed by atoms with Crippen molar-refractivity contribution in [2.75, 3.05) is 33.3 Å². The largest absolute Gasteiger partial charge is 0.466 e. The van der Waals surface area contributed by atoms with E-state index in [0.717, 1.165) is 37.5 Å². The van der Waals surface area contributed by atoms with Gasteiger partial charge in [-0.05, 0) is 37.5 Å². The minimum Gasteiger partial charge on any atom is -0.466 e. The molecule has 0 atom stereocenters. The summed E-state index contributed by atoms with van der Waals surface area (Å²) in [5.74, 6) is 0.317. The highest BCUT2D eigenvalue weighted by Gasteiger charge is 2.29. The van der Waals surface area contributed by atoms with Crippen LogP contribution in [0.25, 0.3) is 0 Å². The van der Waals surface area contributed by atoms with Gasteiger partial charge in [-0.25, -0.2) is 4.39 Å². The van der Waals surface area contributed by atoms with Gasteiger partial charge in [-0.3, -0.25) is 9.79 Å². The van der Waals surface area contributed by atoms with Gasteiger partial charge in [0.05, 0.1) is 12.5 Å². The fourth-order valence-corrected chi connectivity index (χ4v) is 3.78. The molecular weight excluding hydrogens is 496 g/mol. The number of carbonyl (C=O) groups is 1. The number of halogens is 3. The summed E-state index contributed by atoms with van der Waals surface area (Å²) in [7, 11) is 1.75. The summed E-state index contributed by atoms with van der Waals surface area (Å²) >= 11 is 6.23. The third-order valence-electron chi connectivity index (χ3n) is 4.97. The molecule has 0 unspecified atom stereocenters. The number of hydrogen-bond donors (Lipinski definition) is 1. The van der Waals surface area contributed by atoms with Crippen LogP contribution in [0.15, 0.2) is 23.2 Å². The fourth-order valence-electron chi connectivity index (χ4n) is 3.35. The lowest BCUT2D eigenvalue weighted by atomic mass is 9.84. The predicted molar refractivity (Wildman–Crippen MR) is 122 cm³/mol. The number of nitrogens with one attached hydrogen (secondary N) is 1. The molecule has 8 heteroatoms. The van der Waals surface area contributed by atoms with E-state index in [9.17, 15) is 9.18 Å². The standard InChI is InChI=1S/C20H29ClFN3O2.HI/c1-5-27-18(26)14-8-10-25(11-9-14)19(23-4)24-13-20(2,3)16-7-6-15(22)12-17(16)21;/h6-7,12,14H,5,8-11,13H2,1-4H3,(H,23,24);1H. The van der Waals surface area contributed by atoms with E-state index in [1.165, 1.54) is 12.1 Å². The monoisotopic (exact) mass is 525 g/mol. The average molecular weight is 526 g/mol. The van der Waals surface area contributed by atoms with Crippen molar-refractivity contribution in [3.63, 3.8) is 0 Å². The third-order valence-corrected chi connectivity index (χ3v) is 5.29. The number of aliphatic imine (C=N–C) groups is 1.